The van der Waals surface area contributed by atoms with Gasteiger partial charge in [0.15, 0.2) is 5.78 Å². The van der Waals surface area contributed by atoms with Gasteiger partial charge in [0.05, 0.1) is 6.10 Å². The van der Waals surface area contributed by atoms with Crippen molar-refractivity contribution in [2.45, 2.75) is 32.3 Å². The topological polar surface area (TPSA) is 40.5 Å². The van der Waals surface area contributed by atoms with E-state index in [9.17, 15) is 9.90 Å². The van der Waals surface area contributed by atoms with E-state index >= 15 is 0 Å². The zero-order valence-electron chi connectivity index (χ0n) is 11.8. The van der Waals surface area contributed by atoms with Crippen LogP contribution in [0.5, 0.6) is 0 Å². The molecule has 2 rings (SSSR count). The van der Waals surface area contributed by atoms with E-state index in [0.717, 1.165) is 31.5 Å². The Balaban J connectivity index is 1.72. The number of Topliss-reactive ketones (excluding diaryl/α,β-unsaturated/α-hetero) is 1. The maximum atomic E-state index is 12.0. The van der Waals surface area contributed by atoms with Crippen LogP contribution in [0.25, 0.3) is 0 Å². The third kappa shape index (κ3) is 4.15. The van der Waals surface area contributed by atoms with Crippen molar-refractivity contribution >= 4 is 5.78 Å². The Morgan fingerprint density at radius 2 is 1.95 bits per heavy atom. The molecule has 0 aromatic heterocycles. The Morgan fingerprint density at radius 1 is 1.32 bits per heavy atom. The molecular weight excluding hydrogens is 238 g/mol. The van der Waals surface area contributed by atoms with Crippen molar-refractivity contribution in [1.29, 1.82) is 0 Å². The SMILES string of the molecule is Cc1ccc(C(=O)CCN(C)CC2CC(O)C2)cc1. The standard InChI is InChI=1S/C16H23NO2/c1-12-3-5-14(6-4-12)16(19)7-8-17(2)11-13-9-15(18)10-13/h3-6,13,15,18H,7-11H2,1-2H3. The van der Waals surface area contributed by atoms with Gasteiger partial charge in [0, 0.05) is 25.1 Å². The molecule has 1 aliphatic rings. The third-order valence-electron chi connectivity index (χ3n) is 3.87. The van der Waals surface area contributed by atoms with E-state index in [1.807, 2.05) is 38.2 Å². The van der Waals surface area contributed by atoms with Gasteiger partial charge in [0.25, 0.3) is 0 Å². The van der Waals surface area contributed by atoms with Crippen LogP contribution in [0.1, 0.15) is 35.2 Å². The Hall–Kier alpha value is -1.19. The fraction of sp³-hybridized carbons (Fsp3) is 0.562. The maximum absolute atomic E-state index is 12.0. The third-order valence-corrected chi connectivity index (χ3v) is 3.87. The van der Waals surface area contributed by atoms with Gasteiger partial charge in [-0.05, 0) is 32.7 Å². The van der Waals surface area contributed by atoms with Gasteiger partial charge in [-0.2, -0.15) is 0 Å². The highest BCUT2D eigenvalue weighted by Gasteiger charge is 2.27. The fourth-order valence-electron chi connectivity index (χ4n) is 2.56. The number of ketones is 1. The summed E-state index contributed by atoms with van der Waals surface area (Å²) in [5.74, 6) is 0.815. The van der Waals surface area contributed by atoms with E-state index in [0.29, 0.717) is 12.3 Å². The predicted molar refractivity (Wildman–Crippen MR) is 76.4 cm³/mol. The summed E-state index contributed by atoms with van der Waals surface area (Å²) >= 11 is 0. The molecule has 0 saturated heterocycles. The van der Waals surface area contributed by atoms with E-state index < -0.39 is 0 Å². The lowest BCUT2D eigenvalue weighted by molar-refractivity contribution is 0.0281. The number of aliphatic hydroxyl groups excluding tert-OH is 1. The van der Waals surface area contributed by atoms with Gasteiger partial charge in [-0.1, -0.05) is 29.8 Å². The number of nitrogens with zero attached hydrogens (tertiary/aromatic N) is 1. The summed E-state index contributed by atoms with van der Waals surface area (Å²) in [7, 11) is 2.05. The van der Waals surface area contributed by atoms with E-state index in [4.69, 9.17) is 0 Å². The monoisotopic (exact) mass is 261 g/mol. The molecule has 0 bridgehead atoms. The highest BCUT2D eigenvalue weighted by molar-refractivity contribution is 5.96. The molecular formula is C16H23NO2. The average molecular weight is 261 g/mol. The molecule has 1 saturated carbocycles. The highest BCUT2D eigenvalue weighted by atomic mass is 16.3. The van der Waals surface area contributed by atoms with Crippen LogP contribution in [0.3, 0.4) is 0 Å². The van der Waals surface area contributed by atoms with Crippen molar-refractivity contribution in [3.05, 3.63) is 35.4 Å². The number of carbonyl (C=O) groups excluding carboxylic acids is 1. The molecule has 3 nitrogen and oxygen atoms in total. The zero-order valence-corrected chi connectivity index (χ0v) is 11.8. The fourth-order valence-corrected chi connectivity index (χ4v) is 2.56. The second kappa shape index (κ2) is 6.31. The van der Waals surface area contributed by atoms with E-state index in [1.54, 1.807) is 0 Å². The van der Waals surface area contributed by atoms with Crippen molar-refractivity contribution in [3.8, 4) is 0 Å². The van der Waals surface area contributed by atoms with Crippen LogP contribution in [0.2, 0.25) is 0 Å². The van der Waals surface area contributed by atoms with E-state index in [-0.39, 0.29) is 11.9 Å². The number of aliphatic hydroxyl groups is 1. The maximum Gasteiger partial charge on any atom is 0.164 e. The molecule has 0 radical (unpaired) electrons. The van der Waals surface area contributed by atoms with E-state index in [1.165, 1.54) is 5.56 Å². The molecule has 3 heteroatoms. The summed E-state index contributed by atoms with van der Waals surface area (Å²) < 4.78 is 0. The van der Waals surface area contributed by atoms with Crippen LogP contribution < -0.4 is 0 Å². The van der Waals surface area contributed by atoms with Gasteiger partial charge in [0.2, 0.25) is 0 Å². The van der Waals surface area contributed by atoms with Gasteiger partial charge in [-0.3, -0.25) is 4.79 Å². The molecule has 19 heavy (non-hydrogen) atoms. The second-order valence-electron chi connectivity index (χ2n) is 5.79. The Bertz CT molecular complexity index is 421. The molecule has 1 aromatic rings. The number of carbonyl (C=O) groups is 1. The van der Waals surface area contributed by atoms with Crippen molar-refractivity contribution in [3.63, 3.8) is 0 Å². The summed E-state index contributed by atoms with van der Waals surface area (Å²) in [5.41, 5.74) is 1.98. The lowest BCUT2D eigenvalue weighted by atomic mass is 9.82. The summed E-state index contributed by atoms with van der Waals surface area (Å²) in [6.45, 7) is 3.80. The minimum absolute atomic E-state index is 0.0902. The number of hydrogen-bond donors (Lipinski definition) is 1. The zero-order chi connectivity index (χ0) is 13.8. The number of benzene rings is 1. The predicted octanol–water partition coefficient (Wildman–Crippen LogP) is 2.27. The van der Waals surface area contributed by atoms with Crippen LogP contribution in [-0.4, -0.2) is 42.0 Å². The number of aryl methyl sites for hydroxylation is 1. The molecule has 1 N–H and O–H groups in total. The summed E-state index contributed by atoms with van der Waals surface area (Å²) in [4.78, 5) is 14.2. The summed E-state index contributed by atoms with van der Waals surface area (Å²) in [6, 6.07) is 7.76. The molecule has 0 amide bonds. The van der Waals surface area contributed by atoms with Gasteiger partial charge >= 0.3 is 0 Å². The molecule has 0 unspecified atom stereocenters. The number of rotatable bonds is 6. The van der Waals surface area contributed by atoms with Crippen LogP contribution in [0, 0.1) is 12.8 Å². The molecule has 0 aliphatic heterocycles. The second-order valence-corrected chi connectivity index (χ2v) is 5.79. The van der Waals surface area contributed by atoms with Gasteiger partial charge in [-0.25, -0.2) is 0 Å². The molecule has 0 spiro atoms. The van der Waals surface area contributed by atoms with Crippen LogP contribution >= 0.6 is 0 Å². The largest absolute Gasteiger partial charge is 0.393 e. The van der Waals surface area contributed by atoms with Crippen molar-refractivity contribution in [2.75, 3.05) is 20.1 Å². The minimum atomic E-state index is -0.0902. The molecule has 0 heterocycles. The summed E-state index contributed by atoms with van der Waals surface area (Å²) in [5, 5.41) is 9.25. The lowest BCUT2D eigenvalue weighted by Gasteiger charge is -2.34. The first-order valence-electron chi connectivity index (χ1n) is 7.01. The van der Waals surface area contributed by atoms with E-state index in [2.05, 4.69) is 4.90 Å². The Morgan fingerprint density at radius 3 is 2.53 bits per heavy atom. The molecule has 104 valence electrons. The minimum Gasteiger partial charge on any atom is -0.393 e. The summed E-state index contributed by atoms with van der Waals surface area (Å²) in [6.07, 6.45) is 2.30. The van der Waals surface area contributed by atoms with Crippen LogP contribution in [0.4, 0.5) is 0 Å². The van der Waals surface area contributed by atoms with Gasteiger partial charge in [-0.15, -0.1) is 0 Å². The van der Waals surface area contributed by atoms with Gasteiger partial charge < -0.3 is 10.0 Å². The first-order chi connectivity index (χ1) is 9.04. The lowest BCUT2D eigenvalue weighted by Crippen LogP contribution is -2.37. The number of hydrogen-bond acceptors (Lipinski definition) is 3. The Labute approximate surface area is 115 Å². The molecule has 1 fully saturated rings. The van der Waals surface area contributed by atoms with Crippen LogP contribution in [-0.2, 0) is 0 Å². The smallest absolute Gasteiger partial charge is 0.164 e. The Kier molecular flexibility index (Phi) is 4.72. The quantitative estimate of drug-likeness (QED) is 0.799. The van der Waals surface area contributed by atoms with Crippen molar-refractivity contribution < 1.29 is 9.90 Å². The first kappa shape index (κ1) is 14.2. The highest BCUT2D eigenvalue weighted by Crippen LogP contribution is 2.27. The average Bonchev–Trinajstić information content (AvgIpc) is 2.35. The van der Waals surface area contributed by atoms with Crippen LogP contribution in [0.15, 0.2) is 24.3 Å². The first-order valence-corrected chi connectivity index (χ1v) is 7.01. The van der Waals surface area contributed by atoms with Crippen molar-refractivity contribution in [1.82, 2.24) is 4.90 Å². The normalized spacial score (nSPS) is 22.3. The molecule has 0 atom stereocenters. The molecule has 1 aliphatic carbocycles. The molecule has 1 aromatic carbocycles. The van der Waals surface area contributed by atoms with Crippen molar-refractivity contribution in [2.24, 2.45) is 5.92 Å². The van der Waals surface area contributed by atoms with Gasteiger partial charge in [0.1, 0.15) is 0 Å².